The van der Waals surface area contributed by atoms with Crippen LogP contribution in [0.3, 0.4) is 0 Å². The van der Waals surface area contributed by atoms with Crippen molar-refractivity contribution < 1.29 is 14.3 Å². The second-order valence-electron chi connectivity index (χ2n) is 6.70. The van der Waals surface area contributed by atoms with E-state index in [1.165, 1.54) is 7.11 Å². The minimum absolute atomic E-state index is 0.0718. The first-order valence-electron chi connectivity index (χ1n) is 7.80. The molecular formula is C19H24N2O3. The van der Waals surface area contributed by atoms with E-state index >= 15 is 0 Å². The van der Waals surface area contributed by atoms with Crippen LogP contribution in [0.15, 0.2) is 42.7 Å². The molecular weight excluding hydrogens is 304 g/mol. The molecule has 5 nitrogen and oxygen atoms in total. The van der Waals surface area contributed by atoms with E-state index in [9.17, 15) is 4.79 Å². The Balaban J connectivity index is 2.49. The zero-order chi connectivity index (χ0) is 17.7. The van der Waals surface area contributed by atoms with Crippen molar-refractivity contribution in [3.63, 3.8) is 0 Å². The lowest BCUT2D eigenvalue weighted by molar-refractivity contribution is 0.0974. The maximum Gasteiger partial charge on any atom is 0.262 e. The Hall–Kier alpha value is -2.56. The van der Waals surface area contributed by atoms with E-state index in [1.54, 1.807) is 42.6 Å². The van der Waals surface area contributed by atoms with E-state index in [0.717, 1.165) is 5.69 Å². The molecule has 0 spiro atoms. The molecule has 0 radical (unpaired) electrons. The minimum Gasteiger partial charge on any atom is -0.493 e. The quantitative estimate of drug-likeness (QED) is 0.838. The van der Waals surface area contributed by atoms with Gasteiger partial charge >= 0.3 is 0 Å². The van der Waals surface area contributed by atoms with Gasteiger partial charge in [-0.05, 0) is 29.7 Å². The lowest BCUT2D eigenvalue weighted by Crippen LogP contribution is -2.38. The summed E-state index contributed by atoms with van der Waals surface area (Å²) in [5.74, 6) is 0.826. The van der Waals surface area contributed by atoms with Gasteiger partial charge in [0.05, 0.1) is 31.7 Å². The summed E-state index contributed by atoms with van der Waals surface area (Å²) in [6, 6.07) is 9.00. The summed E-state index contributed by atoms with van der Waals surface area (Å²) in [6.45, 7) is 6.82. The standard InChI is InChI=1S/C19H24N2O3/c1-19(2,3)13-21(14-8-7-11-20-12-14)18(22)15-9-6-10-16(23-4)17(15)24-5/h6-12H,13H2,1-5H3. The molecule has 1 aromatic carbocycles. The van der Waals surface area contributed by atoms with Gasteiger partial charge in [0.2, 0.25) is 0 Å². The van der Waals surface area contributed by atoms with Crippen LogP contribution in [-0.2, 0) is 0 Å². The number of amides is 1. The van der Waals surface area contributed by atoms with Gasteiger partial charge in [0.25, 0.3) is 5.91 Å². The van der Waals surface area contributed by atoms with Crippen LogP contribution in [0.1, 0.15) is 31.1 Å². The van der Waals surface area contributed by atoms with Crippen LogP contribution in [0, 0.1) is 5.41 Å². The SMILES string of the molecule is COc1cccc(C(=O)N(CC(C)(C)C)c2cccnc2)c1OC. The van der Waals surface area contributed by atoms with Gasteiger partial charge in [-0.3, -0.25) is 9.78 Å². The minimum atomic E-state index is -0.145. The molecule has 2 aromatic rings. The Morgan fingerprint density at radius 3 is 2.42 bits per heavy atom. The molecule has 0 aliphatic heterocycles. The van der Waals surface area contributed by atoms with E-state index < -0.39 is 0 Å². The molecule has 1 heterocycles. The van der Waals surface area contributed by atoms with Gasteiger partial charge in [0, 0.05) is 12.7 Å². The van der Waals surface area contributed by atoms with Crippen molar-refractivity contribution in [2.24, 2.45) is 5.41 Å². The number of carbonyl (C=O) groups is 1. The molecule has 0 N–H and O–H groups in total. The van der Waals surface area contributed by atoms with Gasteiger partial charge in [-0.1, -0.05) is 26.8 Å². The average Bonchev–Trinajstić information content (AvgIpc) is 2.58. The van der Waals surface area contributed by atoms with E-state index in [2.05, 4.69) is 25.8 Å². The summed E-state index contributed by atoms with van der Waals surface area (Å²) in [5.41, 5.74) is 1.14. The van der Waals surface area contributed by atoms with Gasteiger partial charge < -0.3 is 14.4 Å². The molecule has 0 bridgehead atoms. The predicted octanol–water partition coefficient (Wildman–Crippen LogP) is 3.79. The Morgan fingerprint density at radius 2 is 1.88 bits per heavy atom. The molecule has 24 heavy (non-hydrogen) atoms. The molecule has 128 valence electrons. The highest BCUT2D eigenvalue weighted by atomic mass is 16.5. The second-order valence-corrected chi connectivity index (χ2v) is 6.70. The summed E-state index contributed by atoms with van der Waals surface area (Å²) >= 11 is 0. The van der Waals surface area contributed by atoms with Crippen LogP contribution in [0.2, 0.25) is 0 Å². The molecule has 5 heteroatoms. The van der Waals surface area contributed by atoms with Crippen molar-refractivity contribution in [3.8, 4) is 11.5 Å². The lowest BCUT2D eigenvalue weighted by Gasteiger charge is -2.30. The summed E-state index contributed by atoms with van der Waals surface area (Å²) < 4.78 is 10.7. The van der Waals surface area contributed by atoms with Gasteiger partial charge in [-0.15, -0.1) is 0 Å². The van der Waals surface area contributed by atoms with Gasteiger partial charge in [0.1, 0.15) is 0 Å². The molecule has 0 atom stereocenters. The Kier molecular flexibility index (Phi) is 5.44. The number of methoxy groups -OCH3 is 2. The average molecular weight is 328 g/mol. The Bertz CT molecular complexity index is 694. The number of para-hydroxylation sites is 1. The maximum atomic E-state index is 13.2. The number of carbonyl (C=O) groups excluding carboxylic acids is 1. The normalized spacial score (nSPS) is 11.0. The van der Waals surface area contributed by atoms with Crippen LogP contribution >= 0.6 is 0 Å². The maximum absolute atomic E-state index is 13.2. The van der Waals surface area contributed by atoms with Crippen molar-refractivity contribution in [2.45, 2.75) is 20.8 Å². The lowest BCUT2D eigenvalue weighted by atomic mass is 9.95. The van der Waals surface area contributed by atoms with E-state index in [-0.39, 0.29) is 11.3 Å². The van der Waals surface area contributed by atoms with E-state index in [0.29, 0.717) is 23.6 Å². The van der Waals surface area contributed by atoms with Gasteiger partial charge in [-0.2, -0.15) is 0 Å². The van der Waals surface area contributed by atoms with Gasteiger partial charge in [0.15, 0.2) is 11.5 Å². The number of rotatable bonds is 5. The number of pyridine rings is 1. The monoisotopic (exact) mass is 328 g/mol. The van der Waals surface area contributed by atoms with Crippen molar-refractivity contribution >= 4 is 11.6 Å². The number of ether oxygens (including phenoxy) is 2. The highest BCUT2D eigenvalue weighted by Gasteiger charge is 2.27. The highest BCUT2D eigenvalue weighted by Crippen LogP contribution is 2.33. The third-order valence-electron chi connectivity index (χ3n) is 3.47. The van der Waals surface area contributed by atoms with Crippen molar-refractivity contribution in [1.29, 1.82) is 0 Å². The van der Waals surface area contributed by atoms with Crippen LogP contribution in [0.5, 0.6) is 11.5 Å². The smallest absolute Gasteiger partial charge is 0.262 e. The van der Waals surface area contributed by atoms with Crippen molar-refractivity contribution in [1.82, 2.24) is 4.98 Å². The molecule has 1 aromatic heterocycles. The van der Waals surface area contributed by atoms with E-state index in [4.69, 9.17) is 9.47 Å². The molecule has 0 unspecified atom stereocenters. The van der Waals surface area contributed by atoms with Crippen LogP contribution in [0.25, 0.3) is 0 Å². The van der Waals surface area contributed by atoms with Crippen LogP contribution in [0.4, 0.5) is 5.69 Å². The second kappa shape index (κ2) is 7.34. The van der Waals surface area contributed by atoms with Crippen LogP contribution < -0.4 is 14.4 Å². The summed E-state index contributed by atoms with van der Waals surface area (Å²) in [6.07, 6.45) is 3.38. The first-order valence-corrected chi connectivity index (χ1v) is 7.80. The number of anilines is 1. The summed E-state index contributed by atoms with van der Waals surface area (Å²) in [7, 11) is 3.09. The third-order valence-corrected chi connectivity index (χ3v) is 3.47. The fraction of sp³-hybridized carbons (Fsp3) is 0.368. The first-order chi connectivity index (χ1) is 11.4. The number of hydrogen-bond donors (Lipinski definition) is 0. The molecule has 0 aliphatic carbocycles. The predicted molar refractivity (Wildman–Crippen MR) is 94.9 cm³/mol. The third kappa shape index (κ3) is 4.04. The summed E-state index contributed by atoms with van der Waals surface area (Å²) in [4.78, 5) is 19.1. The molecule has 0 saturated carbocycles. The number of aromatic nitrogens is 1. The molecule has 2 rings (SSSR count). The number of benzene rings is 1. The highest BCUT2D eigenvalue weighted by molar-refractivity contribution is 6.08. The van der Waals surface area contributed by atoms with Crippen LogP contribution in [-0.4, -0.2) is 31.7 Å². The fourth-order valence-corrected chi connectivity index (χ4v) is 2.47. The molecule has 1 amide bonds. The molecule has 0 aliphatic rings. The van der Waals surface area contributed by atoms with Gasteiger partial charge in [-0.25, -0.2) is 0 Å². The first kappa shape index (κ1) is 17.8. The number of hydrogen-bond acceptors (Lipinski definition) is 4. The fourth-order valence-electron chi connectivity index (χ4n) is 2.47. The van der Waals surface area contributed by atoms with E-state index in [1.807, 2.05) is 12.1 Å². The Labute approximate surface area is 143 Å². The zero-order valence-electron chi connectivity index (χ0n) is 14.9. The summed E-state index contributed by atoms with van der Waals surface area (Å²) in [5, 5.41) is 0. The van der Waals surface area contributed by atoms with Crippen molar-refractivity contribution in [2.75, 3.05) is 25.7 Å². The molecule has 0 saturated heterocycles. The Morgan fingerprint density at radius 1 is 1.12 bits per heavy atom. The zero-order valence-corrected chi connectivity index (χ0v) is 14.9. The molecule has 0 fully saturated rings. The van der Waals surface area contributed by atoms with Crippen molar-refractivity contribution in [3.05, 3.63) is 48.3 Å². The number of nitrogens with zero attached hydrogens (tertiary/aromatic N) is 2. The largest absolute Gasteiger partial charge is 0.493 e. The topological polar surface area (TPSA) is 51.7 Å².